The van der Waals surface area contributed by atoms with E-state index in [2.05, 4.69) is 36.3 Å². The van der Waals surface area contributed by atoms with Crippen molar-refractivity contribution in [3.8, 4) is 0 Å². The predicted molar refractivity (Wildman–Crippen MR) is 84.9 cm³/mol. The van der Waals surface area contributed by atoms with E-state index in [4.69, 9.17) is 0 Å². The molecule has 1 aliphatic carbocycles. The summed E-state index contributed by atoms with van der Waals surface area (Å²) in [5.41, 5.74) is 0. The van der Waals surface area contributed by atoms with Crippen LogP contribution in [0, 0.1) is 11.8 Å². The van der Waals surface area contributed by atoms with Gasteiger partial charge in [0.15, 0.2) is 5.16 Å². The second-order valence-corrected chi connectivity index (χ2v) is 7.46. The van der Waals surface area contributed by atoms with Crippen LogP contribution in [0.3, 0.4) is 0 Å². The van der Waals surface area contributed by atoms with Crippen LogP contribution >= 0.6 is 11.8 Å². The summed E-state index contributed by atoms with van der Waals surface area (Å²) < 4.78 is 2.03. The van der Waals surface area contributed by atoms with Gasteiger partial charge < -0.3 is 9.88 Å². The molecule has 114 valence electrons. The zero-order valence-corrected chi connectivity index (χ0v) is 14.0. The number of aromatic nitrogens is 3. The third kappa shape index (κ3) is 3.98. The van der Waals surface area contributed by atoms with Gasteiger partial charge in [-0.1, -0.05) is 32.5 Å². The van der Waals surface area contributed by atoms with Gasteiger partial charge in [0.2, 0.25) is 0 Å². The smallest absolute Gasteiger partial charge is 0.191 e. The van der Waals surface area contributed by atoms with Gasteiger partial charge in [0.25, 0.3) is 0 Å². The summed E-state index contributed by atoms with van der Waals surface area (Å²) in [5.74, 6) is 1.63. The molecule has 4 nitrogen and oxygen atoms in total. The predicted octanol–water partition coefficient (Wildman–Crippen LogP) is 3.10. The van der Waals surface area contributed by atoms with E-state index in [1.165, 1.54) is 25.7 Å². The summed E-state index contributed by atoms with van der Waals surface area (Å²) in [7, 11) is 2.03. The van der Waals surface area contributed by atoms with Crippen LogP contribution in [0.25, 0.3) is 0 Å². The van der Waals surface area contributed by atoms with Gasteiger partial charge in [0.05, 0.1) is 0 Å². The average Bonchev–Trinajstić information content (AvgIpc) is 2.82. The van der Waals surface area contributed by atoms with Crippen LogP contribution in [0.2, 0.25) is 0 Å². The van der Waals surface area contributed by atoms with E-state index in [1.807, 2.05) is 23.4 Å². The van der Waals surface area contributed by atoms with Gasteiger partial charge in [-0.2, -0.15) is 0 Å². The first kappa shape index (κ1) is 15.8. The highest BCUT2D eigenvalue weighted by molar-refractivity contribution is 7.99. The highest BCUT2D eigenvalue weighted by Gasteiger charge is 2.32. The van der Waals surface area contributed by atoms with Gasteiger partial charge in [-0.25, -0.2) is 0 Å². The Kier molecular flexibility index (Phi) is 5.90. The summed E-state index contributed by atoms with van der Waals surface area (Å²) >= 11 is 1.90. The van der Waals surface area contributed by atoms with Gasteiger partial charge in [-0.15, -0.1) is 10.2 Å². The van der Waals surface area contributed by atoms with Gasteiger partial charge in [0, 0.05) is 18.3 Å². The largest absolute Gasteiger partial charge is 0.313 e. The molecule has 1 saturated carbocycles. The lowest BCUT2D eigenvalue weighted by atomic mass is 9.79. The Hall–Kier alpha value is -0.550. The van der Waals surface area contributed by atoms with Crippen LogP contribution in [-0.4, -0.2) is 32.6 Å². The molecule has 1 aromatic rings. The fourth-order valence-corrected chi connectivity index (χ4v) is 4.29. The first-order valence-electron chi connectivity index (χ1n) is 7.85. The number of rotatable bonds is 6. The molecule has 20 heavy (non-hydrogen) atoms. The minimum Gasteiger partial charge on any atom is -0.313 e. The zero-order valence-electron chi connectivity index (χ0n) is 13.2. The van der Waals surface area contributed by atoms with Crippen molar-refractivity contribution in [1.29, 1.82) is 0 Å². The third-order valence-electron chi connectivity index (χ3n) is 4.36. The van der Waals surface area contributed by atoms with Crippen molar-refractivity contribution in [3.05, 3.63) is 6.33 Å². The molecule has 1 fully saturated rings. The topological polar surface area (TPSA) is 42.7 Å². The molecule has 2 rings (SSSR count). The molecule has 1 N–H and O–H groups in total. The molecule has 0 aliphatic heterocycles. The zero-order chi connectivity index (χ0) is 14.5. The van der Waals surface area contributed by atoms with Crippen molar-refractivity contribution in [1.82, 2.24) is 20.1 Å². The Morgan fingerprint density at radius 1 is 1.45 bits per heavy atom. The van der Waals surface area contributed by atoms with E-state index in [0.717, 1.165) is 23.5 Å². The number of nitrogens with zero attached hydrogens (tertiary/aromatic N) is 3. The monoisotopic (exact) mass is 296 g/mol. The van der Waals surface area contributed by atoms with Crippen molar-refractivity contribution >= 4 is 11.8 Å². The van der Waals surface area contributed by atoms with Gasteiger partial charge in [-0.3, -0.25) is 0 Å². The second-order valence-electron chi connectivity index (χ2n) is 6.26. The molecule has 0 aromatic carbocycles. The van der Waals surface area contributed by atoms with Crippen molar-refractivity contribution in [2.45, 2.75) is 62.9 Å². The summed E-state index contributed by atoms with van der Waals surface area (Å²) in [6.45, 7) is 8.06. The standard InChI is InChI=1S/C15H28N4S/c1-5-8-16-13-7-6-12(11(2)3)9-14(13)20-15-18-17-10-19(15)4/h10-14,16H,5-9H2,1-4H3. The Morgan fingerprint density at radius 3 is 2.85 bits per heavy atom. The molecule has 3 atom stereocenters. The van der Waals surface area contributed by atoms with E-state index in [-0.39, 0.29) is 0 Å². The molecular formula is C15H28N4S. The molecule has 0 spiro atoms. The SMILES string of the molecule is CCCNC1CCC(C(C)C)CC1Sc1nncn1C. The summed E-state index contributed by atoms with van der Waals surface area (Å²) in [6, 6.07) is 0.617. The third-order valence-corrected chi connectivity index (χ3v) is 5.76. The van der Waals surface area contributed by atoms with Crippen molar-refractivity contribution in [2.75, 3.05) is 6.54 Å². The normalized spacial score (nSPS) is 27.1. The van der Waals surface area contributed by atoms with E-state index < -0.39 is 0 Å². The van der Waals surface area contributed by atoms with Gasteiger partial charge >= 0.3 is 0 Å². The maximum absolute atomic E-state index is 4.24. The molecule has 0 bridgehead atoms. The van der Waals surface area contributed by atoms with Crippen LogP contribution in [0.1, 0.15) is 46.5 Å². The molecule has 0 saturated heterocycles. The second kappa shape index (κ2) is 7.46. The van der Waals surface area contributed by atoms with Crippen molar-refractivity contribution < 1.29 is 0 Å². The maximum atomic E-state index is 4.24. The molecule has 1 heterocycles. The minimum atomic E-state index is 0.616. The lowest BCUT2D eigenvalue weighted by Gasteiger charge is -2.37. The minimum absolute atomic E-state index is 0.616. The average molecular weight is 296 g/mol. The van der Waals surface area contributed by atoms with Gasteiger partial charge in [0.1, 0.15) is 6.33 Å². The lowest BCUT2D eigenvalue weighted by molar-refractivity contribution is 0.246. The Balaban J connectivity index is 2.03. The number of hydrogen-bond donors (Lipinski definition) is 1. The first-order chi connectivity index (χ1) is 9.61. The highest BCUT2D eigenvalue weighted by atomic mass is 32.2. The van der Waals surface area contributed by atoms with E-state index >= 15 is 0 Å². The van der Waals surface area contributed by atoms with Crippen LogP contribution in [-0.2, 0) is 7.05 Å². The number of aryl methyl sites for hydroxylation is 1. The molecule has 1 aliphatic rings. The van der Waals surface area contributed by atoms with Crippen LogP contribution < -0.4 is 5.32 Å². The fraction of sp³-hybridized carbons (Fsp3) is 0.867. The molecule has 0 radical (unpaired) electrons. The first-order valence-corrected chi connectivity index (χ1v) is 8.73. The molecule has 5 heteroatoms. The highest BCUT2D eigenvalue weighted by Crippen LogP contribution is 2.38. The lowest BCUT2D eigenvalue weighted by Crippen LogP contribution is -2.43. The van der Waals surface area contributed by atoms with E-state index in [1.54, 1.807) is 6.33 Å². The van der Waals surface area contributed by atoms with Crippen LogP contribution in [0.5, 0.6) is 0 Å². The molecule has 1 aromatic heterocycles. The summed E-state index contributed by atoms with van der Waals surface area (Å²) in [4.78, 5) is 0. The Bertz CT molecular complexity index is 404. The molecule has 0 amide bonds. The van der Waals surface area contributed by atoms with E-state index in [9.17, 15) is 0 Å². The molecular weight excluding hydrogens is 268 g/mol. The summed E-state index contributed by atoms with van der Waals surface area (Å²) in [6.07, 6.45) is 6.93. The number of hydrogen-bond acceptors (Lipinski definition) is 4. The quantitative estimate of drug-likeness (QED) is 0.876. The van der Waals surface area contributed by atoms with Crippen LogP contribution in [0.15, 0.2) is 11.5 Å². The van der Waals surface area contributed by atoms with E-state index in [0.29, 0.717) is 11.3 Å². The maximum Gasteiger partial charge on any atom is 0.191 e. The fourth-order valence-electron chi connectivity index (χ4n) is 2.97. The molecule has 3 unspecified atom stereocenters. The van der Waals surface area contributed by atoms with Crippen LogP contribution in [0.4, 0.5) is 0 Å². The Labute approximate surface area is 127 Å². The number of nitrogens with one attached hydrogen (secondary N) is 1. The van der Waals surface area contributed by atoms with Gasteiger partial charge in [-0.05, 0) is 44.1 Å². The van der Waals surface area contributed by atoms with Crippen molar-refractivity contribution in [3.63, 3.8) is 0 Å². The summed E-state index contributed by atoms with van der Waals surface area (Å²) in [5, 5.41) is 13.6. The van der Waals surface area contributed by atoms with Crippen molar-refractivity contribution in [2.24, 2.45) is 18.9 Å². The number of thioether (sulfide) groups is 1. The Morgan fingerprint density at radius 2 is 2.25 bits per heavy atom.